The molecule has 0 unspecified atom stereocenters. The molecule has 0 spiro atoms. The van der Waals surface area contributed by atoms with Crippen LogP contribution in [0.15, 0.2) is 12.4 Å². The molecule has 0 atom stereocenters. The van der Waals surface area contributed by atoms with Gasteiger partial charge in [0.1, 0.15) is 0 Å². The lowest BCUT2D eigenvalue weighted by atomic mass is 10.5. The average molecular weight is 290 g/mol. The second kappa shape index (κ2) is 7.01. The highest BCUT2D eigenvalue weighted by molar-refractivity contribution is 5.47. The van der Waals surface area contributed by atoms with E-state index in [1.165, 1.54) is 0 Å². The van der Waals surface area contributed by atoms with Crippen LogP contribution in [0.3, 0.4) is 0 Å². The minimum atomic E-state index is 0.00481. The molecule has 1 N–H and O–H groups in total. The summed E-state index contributed by atoms with van der Waals surface area (Å²) >= 11 is 0. The summed E-state index contributed by atoms with van der Waals surface area (Å²) in [6, 6.07) is 0.319. The van der Waals surface area contributed by atoms with E-state index in [9.17, 15) is 0 Å². The second-order valence-electron chi connectivity index (χ2n) is 4.90. The van der Waals surface area contributed by atoms with Crippen molar-refractivity contribution < 1.29 is 4.74 Å². The Balaban J connectivity index is 2.38. The Hall–Kier alpha value is -2.18. The zero-order valence-corrected chi connectivity index (χ0v) is 13.0. The Morgan fingerprint density at radius 1 is 1.24 bits per heavy atom. The van der Waals surface area contributed by atoms with Gasteiger partial charge in [-0.15, -0.1) is 0 Å². The van der Waals surface area contributed by atoms with Gasteiger partial charge in [0, 0.05) is 25.5 Å². The summed E-state index contributed by atoms with van der Waals surface area (Å²) in [7, 11) is 0. The minimum absolute atomic E-state index is 0.00481. The van der Waals surface area contributed by atoms with E-state index < -0.39 is 0 Å². The number of nitrogens with zero attached hydrogens (tertiary/aromatic N) is 5. The highest BCUT2D eigenvalue weighted by atomic mass is 16.5. The van der Waals surface area contributed by atoms with E-state index in [1.807, 2.05) is 31.5 Å². The number of hydrogen-bond acceptors (Lipinski definition) is 6. The van der Waals surface area contributed by atoms with Crippen molar-refractivity contribution in [2.45, 2.75) is 46.8 Å². The molecule has 21 heavy (non-hydrogen) atoms. The van der Waals surface area contributed by atoms with Crippen LogP contribution in [0.25, 0.3) is 11.6 Å². The molecule has 2 aromatic heterocycles. The minimum Gasteiger partial charge on any atom is -0.461 e. The van der Waals surface area contributed by atoms with Crippen molar-refractivity contribution in [2.75, 3.05) is 11.9 Å². The fourth-order valence-electron chi connectivity index (χ4n) is 1.81. The molecule has 0 bridgehead atoms. The van der Waals surface area contributed by atoms with E-state index in [-0.39, 0.29) is 6.10 Å². The zero-order chi connectivity index (χ0) is 15.2. The molecule has 0 fully saturated rings. The third-order valence-electron chi connectivity index (χ3n) is 2.75. The highest BCUT2D eigenvalue weighted by Crippen LogP contribution is 2.18. The van der Waals surface area contributed by atoms with Crippen LogP contribution in [0.1, 0.15) is 34.1 Å². The molecular formula is C14H22N6O. The molecule has 0 aromatic carbocycles. The van der Waals surface area contributed by atoms with Crippen molar-refractivity contribution in [1.29, 1.82) is 0 Å². The number of hydrogen-bond donors (Lipinski definition) is 1. The second-order valence-corrected chi connectivity index (χ2v) is 4.90. The quantitative estimate of drug-likeness (QED) is 0.843. The molecule has 0 aliphatic heterocycles. The Morgan fingerprint density at radius 2 is 2.05 bits per heavy atom. The van der Waals surface area contributed by atoms with Gasteiger partial charge in [-0.3, -0.25) is 0 Å². The Labute approximate surface area is 124 Å². The van der Waals surface area contributed by atoms with Gasteiger partial charge in [0.15, 0.2) is 5.82 Å². The number of nitrogens with one attached hydrogen (secondary N) is 1. The predicted octanol–water partition coefficient (Wildman–Crippen LogP) is 2.36. The summed E-state index contributed by atoms with van der Waals surface area (Å²) in [5, 5.41) is 3.17. The molecule has 0 radical (unpaired) electrons. The molecule has 7 heteroatoms. The number of imidazole rings is 1. The molecule has 2 heterocycles. The third-order valence-corrected chi connectivity index (χ3v) is 2.75. The van der Waals surface area contributed by atoms with Crippen LogP contribution in [-0.4, -0.2) is 37.2 Å². The fourth-order valence-corrected chi connectivity index (χ4v) is 1.81. The van der Waals surface area contributed by atoms with Crippen LogP contribution < -0.4 is 10.1 Å². The lowest BCUT2D eigenvalue weighted by molar-refractivity contribution is 0.222. The van der Waals surface area contributed by atoms with Gasteiger partial charge in [0.05, 0.1) is 6.10 Å². The largest absolute Gasteiger partial charge is 0.461 e. The van der Waals surface area contributed by atoms with Gasteiger partial charge in [-0.05, 0) is 27.2 Å². The van der Waals surface area contributed by atoms with Gasteiger partial charge in [-0.1, -0.05) is 6.92 Å². The monoisotopic (exact) mass is 290 g/mol. The van der Waals surface area contributed by atoms with Gasteiger partial charge < -0.3 is 14.6 Å². The first kappa shape index (κ1) is 15.2. The first-order valence-corrected chi connectivity index (χ1v) is 7.32. The van der Waals surface area contributed by atoms with Gasteiger partial charge in [0.25, 0.3) is 0 Å². The number of rotatable bonds is 7. The first-order chi connectivity index (χ1) is 10.1. The smallest absolute Gasteiger partial charge is 0.322 e. The van der Waals surface area contributed by atoms with Crippen LogP contribution in [0.2, 0.25) is 0 Å². The topological polar surface area (TPSA) is 77.8 Å². The highest BCUT2D eigenvalue weighted by Gasteiger charge is 2.14. The molecule has 0 aliphatic carbocycles. The molecule has 0 saturated carbocycles. The zero-order valence-electron chi connectivity index (χ0n) is 13.0. The molecular weight excluding hydrogens is 268 g/mol. The Bertz CT molecular complexity index is 581. The molecule has 0 aliphatic rings. The van der Waals surface area contributed by atoms with E-state index in [2.05, 4.69) is 32.2 Å². The molecule has 0 amide bonds. The lowest BCUT2D eigenvalue weighted by Crippen LogP contribution is -2.13. The molecule has 114 valence electrons. The van der Waals surface area contributed by atoms with Crippen molar-refractivity contribution in [3.63, 3.8) is 0 Å². The van der Waals surface area contributed by atoms with Crippen LogP contribution >= 0.6 is 0 Å². The Kier molecular flexibility index (Phi) is 5.08. The normalized spacial score (nSPS) is 10.9. The number of ether oxygens (including phenoxy) is 1. The average Bonchev–Trinajstić information content (AvgIpc) is 2.92. The third kappa shape index (κ3) is 3.90. The number of aromatic nitrogens is 5. The van der Waals surface area contributed by atoms with Crippen molar-refractivity contribution in [1.82, 2.24) is 24.5 Å². The van der Waals surface area contributed by atoms with Crippen LogP contribution in [0.5, 0.6) is 6.01 Å². The summed E-state index contributed by atoms with van der Waals surface area (Å²) < 4.78 is 7.59. The summed E-state index contributed by atoms with van der Waals surface area (Å²) in [5.41, 5.74) is 0. The van der Waals surface area contributed by atoms with E-state index >= 15 is 0 Å². The summed E-state index contributed by atoms with van der Waals surface area (Å²) in [6.45, 7) is 9.62. The van der Waals surface area contributed by atoms with E-state index in [1.54, 1.807) is 6.20 Å². The van der Waals surface area contributed by atoms with Crippen LogP contribution in [0.4, 0.5) is 5.95 Å². The summed E-state index contributed by atoms with van der Waals surface area (Å²) in [4.78, 5) is 17.4. The molecule has 2 aromatic rings. The Morgan fingerprint density at radius 3 is 2.71 bits per heavy atom. The maximum Gasteiger partial charge on any atom is 0.322 e. The predicted molar refractivity (Wildman–Crippen MR) is 81.3 cm³/mol. The number of anilines is 1. The van der Waals surface area contributed by atoms with Gasteiger partial charge in [-0.2, -0.15) is 15.0 Å². The van der Waals surface area contributed by atoms with Crippen LogP contribution in [-0.2, 0) is 6.54 Å². The van der Waals surface area contributed by atoms with Crippen molar-refractivity contribution in [2.24, 2.45) is 0 Å². The first-order valence-electron chi connectivity index (χ1n) is 7.32. The lowest BCUT2D eigenvalue weighted by Gasteiger charge is -2.11. The van der Waals surface area contributed by atoms with Crippen molar-refractivity contribution in [3.8, 4) is 17.7 Å². The van der Waals surface area contributed by atoms with E-state index in [0.717, 1.165) is 19.5 Å². The van der Waals surface area contributed by atoms with Crippen molar-refractivity contribution >= 4 is 5.95 Å². The molecule has 0 saturated heterocycles. The summed E-state index contributed by atoms with van der Waals surface area (Å²) in [6.07, 6.45) is 4.64. The van der Waals surface area contributed by atoms with E-state index in [4.69, 9.17) is 4.74 Å². The molecule has 7 nitrogen and oxygen atoms in total. The van der Waals surface area contributed by atoms with Crippen molar-refractivity contribution in [3.05, 3.63) is 12.4 Å². The maximum absolute atomic E-state index is 5.61. The fraction of sp³-hybridized carbons (Fsp3) is 0.571. The van der Waals surface area contributed by atoms with Crippen LogP contribution in [0, 0.1) is 0 Å². The van der Waals surface area contributed by atoms with Gasteiger partial charge in [0.2, 0.25) is 11.8 Å². The SMILES string of the molecule is CCCNc1nc(OC(C)C)nc(-c2nccn2CC)n1. The van der Waals surface area contributed by atoms with Gasteiger partial charge >= 0.3 is 6.01 Å². The molecule has 2 rings (SSSR count). The maximum atomic E-state index is 5.61. The van der Waals surface area contributed by atoms with Gasteiger partial charge in [-0.25, -0.2) is 4.98 Å². The van der Waals surface area contributed by atoms with E-state index in [0.29, 0.717) is 23.6 Å². The number of aryl methyl sites for hydroxylation is 1. The summed E-state index contributed by atoms with van der Waals surface area (Å²) in [5.74, 6) is 1.75. The standard InChI is InChI=1S/C14H22N6O/c1-5-7-16-13-17-11(12-15-8-9-20(12)6-2)18-14(19-13)21-10(3)4/h8-10H,5-7H2,1-4H3,(H,16,17,18,19).